The lowest BCUT2D eigenvalue weighted by Crippen LogP contribution is -2.24. The van der Waals surface area contributed by atoms with Gasteiger partial charge in [0.25, 0.3) is 0 Å². The van der Waals surface area contributed by atoms with Crippen LogP contribution in [-0.4, -0.2) is 38.1 Å². The molecule has 1 saturated carbocycles. The third kappa shape index (κ3) is 4.94. The molecule has 4 aliphatic rings. The minimum Gasteiger partial charge on any atom is -0.373 e. The van der Waals surface area contributed by atoms with Gasteiger partial charge in [-0.05, 0) is 62.7 Å². The molecule has 3 heterocycles. The highest BCUT2D eigenvalue weighted by Gasteiger charge is 2.38. The van der Waals surface area contributed by atoms with Gasteiger partial charge in [0.15, 0.2) is 0 Å². The van der Waals surface area contributed by atoms with Gasteiger partial charge >= 0.3 is 0 Å². The average Bonchev–Trinajstić information content (AvgIpc) is 3.39. The van der Waals surface area contributed by atoms with Crippen molar-refractivity contribution in [3.8, 4) is 0 Å². The fourth-order valence-corrected chi connectivity index (χ4v) is 3.77. The van der Waals surface area contributed by atoms with Crippen LogP contribution < -0.4 is 0 Å². The molecule has 0 radical (unpaired) electrons. The minimum atomic E-state index is 0.548. The number of epoxide rings is 3. The first-order valence-electron chi connectivity index (χ1n) is 9.16. The highest BCUT2D eigenvalue weighted by Crippen LogP contribution is 2.47. The summed E-state index contributed by atoms with van der Waals surface area (Å²) in [5.74, 6) is 1.05. The quantitative estimate of drug-likeness (QED) is 0.515. The Balaban J connectivity index is 1.34. The van der Waals surface area contributed by atoms with Gasteiger partial charge in [-0.3, -0.25) is 0 Å². The lowest BCUT2D eigenvalue weighted by molar-refractivity contribution is 0.157. The van der Waals surface area contributed by atoms with Gasteiger partial charge in [-0.15, -0.1) is 0 Å². The third-order valence-corrected chi connectivity index (χ3v) is 5.98. The molecule has 4 rings (SSSR count). The molecule has 0 bridgehead atoms. The van der Waals surface area contributed by atoms with Crippen molar-refractivity contribution in [3.05, 3.63) is 0 Å². The Kier molecular flexibility index (Phi) is 4.25. The summed E-state index contributed by atoms with van der Waals surface area (Å²) in [5.41, 5.74) is 0.548. The molecule has 0 amide bonds. The number of rotatable bonds is 12. The second-order valence-electron chi connectivity index (χ2n) is 7.96. The standard InChI is InChI=1S/C18H30O3/c1-2-14(1)3-7-18(8-4-15-11-19-15,9-5-16-12-20-16)10-6-17-13-21-17/h14-17H,1-13H2. The smallest absolute Gasteiger partial charge is 0.0810 e. The second kappa shape index (κ2) is 6.17. The summed E-state index contributed by atoms with van der Waals surface area (Å²) < 4.78 is 16.4. The zero-order chi connectivity index (χ0) is 14.1. The van der Waals surface area contributed by atoms with Crippen LogP contribution in [-0.2, 0) is 14.2 Å². The molecule has 0 aromatic rings. The molecule has 0 aromatic carbocycles. The molecule has 3 atom stereocenters. The summed E-state index contributed by atoms with van der Waals surface area (Å²) in [6.45, 7) is 3.03. The average molecular weight is 294 g/mol. The van der Waals surface area contributed by atoms with E-state index in [9.17, 15) is 0 Å². The largest absolute Gasteiger partial charge is 0.373 e. The van der Waals surface area contributed by atoms with Crippen LogP contribution in [0.25, 0.3) is 0 Å². The highest BCUT2D eigenvalue weighted by atomic mass is 16.6. The first-order chi connectivity index (χ1) is 10.3. The fraction of sp³-hybridized carbons (Fsp3) is 1.00. The van der Waals surface area contributed by atoms with Crippen molar-refractivity contribution >= 4 is 0 Å². The molecule has 3 saturated heterocycles. The van der Waals surface area contributed by atoms with Crippen molar-refractivity contribution in [3.63, 3.8) is 0 Å². The normalized spacial score (nSPS) is 36.3. The van der Waals surface area contributed by atoms with Gasteiger partial charge in [0.05, 0.1) is 38.1 Å². The second-order valence-corrected chi connectivity index (χ2v) is 7.96. The first kappa shape index (κ1) is 14.5. The van der Waals surface area contributed by atoms with E-state index in [0.29, 0.717) is 23.7 Å². The molecular weight excluding hydrogens is 264 g/mol. The summed E-state index contributed by atoms with van der Waals surface area (Å²) in [5, 5.41) is 0. The molecule has 4 fully saturated rings. The van der Waals surface area contributed by atoms with Crippen LogP contribution >= 0.6 is 0 Å². The van der Waals surface area contributed by atoms with Gasteiger partial charge in [-0.25, -0.2) is 0 Å². The molecule has 3 unspecified atom stereocenters. The Morgan fingerprint density at radius 3 is 1.33 bits per heavy atom. The van der Waals surface area contributed by atoms with Crippen molar-refractivity contribution < 1.29 is 14.2 Å². The Hall–Kier alpha value is -0.120. The summed E-state index contributed by atoms with van der Waals surface area (Å²) in [6, 6.07) is 0. The molecule has 0 spiro atoms. The summed E-state index contributed by atoms with van der Waals surface area (Å²) in [4.78, 5) is 0. The topological polar surface area (TPSA) is 37.6 Å². The van der Waals surface area contributed by atoms with Crippen molar-refractivity contribution in [2.24, 2.45) is 11.3 Å². The lowest BCUT2D eigenvalue weighted by atomic mass is 9.71. The van der Waals surface area contributed by atoms with Crippen molar-refractivity contribution in [1.29, 1.82) is 0 Å². The Bertz CT molecular complexity index is 271. The van der Waals surface area contributed by atoms with Gasteiger partial charge in [-0.2, -0.15) is 0 Å². The van der Waals surface area contributed by atoms with E-state index >= 15 is 0 Å². The van der Waals surface area contributed by atoms with E-state index < -0.39 is 0 Å². The first-order valence-corrected chi connectivity index (χ1v) is 9.16. The zero-order valence-electron chi connectivity index (χ0n) is 13.2. The van der Waals surface area contributed by atoms with Crippen LogP contribution in [0.4, 0.5) is 0 Å². The zero-order valence-corrected chi connectivity index (χ0v) is 13.2. The van der Waals surface area contributed by atoms with Crippen molar-refractivity contribution in [2.45, 2.75) is 82.5 Å². The van der Waals surface area contributed by atoms with E-state index in [4.69, 9.17) is 14.2 Å². The van der Waals surface area contributed by atoms with E-state index in [1.807, 2.05) is 0 Å². The SMILES string of the molecule is C1CC1CCC(CCC1CO1)(CCC1CO1)CCC1CO1. The minimum absolute atomic E-state index is 0.548. The third-order valence-electron chi connectivity index (χ3n) is 5.98. The molecule has 3 nitrogen and oxygen atoms in total. The molecule has 3 heteroatoms. The van der Waals surface area contributed by atoms with Gasteiger partial charge in [0, 0.05) is 0 Å². The van der Waals surface area contributed by atoms with Crippen LogP contribution in [0.2, 0.25) is 0 Å². The Labute approximate surface area is 128 Å². The maximum atomic E-state index is 5.47. The van der Waals surface area contributed by atoms with E-state index in [1.54, 1.807) is 0 Å². The van der Waals surface area contributed by atoms with Gasteiger partial charge in [-0.1, -0.05) is 12.8 Å². The highest BCUT2D eigenvalue weighted by molar-refractivity contribution is 4.89. The monoisotopic (exact) mass is 294 g/mol. The fourth-order valence-electron chi connectivity index (χ4n) is 3.77. The van der Waals surface area contributed by atoms with E-state index in [0.717, 1.165) is 25.7 Å². The van der Waals surface area contributed by atoms with Crippen molar-refractivity contribution in [2.75, 3.05) is 19.8 Å². The molecular formula is C18H30O3. The van der Waals surface area contributed by atoms with Gasteiger partial charge in [0.1, 0.15) is 0 Å². The molecule has 0 N–H and O–H groups in total. The number of ether oxygens (including phenoxy) is 3. The molecule has 120 valence electrons. The van der Waals surface area contributed by atoms with E-state index in [-0.39, 0.29) is 0 Å². The molecule has 3 aliphatic heterocycles. The predicted molar refractivity (Wildman–Crippen MR) is 81.3 cm³/mol. The maximum absolute atomic E-state index is 5.47. The summed E-state index contributed by atoms with van der Waals surface area (Å²) >= 11 is 0. The van der Waals surface area contributed by atoms with Crippen LogP contribution in [0.1, 0.15) is 64.2 Å². The Morgan fingerprint density at radius 2 is 1.00 bits per heavy atom. The molecule has 21 heavy (non-hydrogen) atoms. The molecule has 0 aromatic heterocycles. The van der Waals surface area contributed by atoms with E-state index in [1.165, 1.54) is 64.2 Å². The van der Waals surface area contributed by atoms with Gasteiger partial charge in [0.2, 0.25) is 0 Å². The Morgan fingerprint density at radius 1 is 0.619 bits per heavy atom. The lowest BCUT2D eigenvalue weighted by Gasteiger charge is -2.34. The van der Waals surface area contributed by atoms with Crippen LogP contribution in [0.3, 0.4) is 0 Å². The maximum Gasteiger partial charge on any atom is 0.0810 e. The number of hydrogen-bond acceptors (Lipinski definition) is 3. The van der Waals surface area contributed by atoms with Crippen LogP contribution in [0.15, 0.2) is 0 Å². The summed E-state index contributed by atoms with van der Waals surface area (Å²) in [6.07, 6.45) is 15.5. The van der Waals surface area contributed by atoms with E-state index in [2.05, 4.69) is 0 Å². The van der Waals surface area contributed by atoms with Crippen LogP contribution in [0, 0.1) is 11.3 Å². The van der Waals surface area contributed by atoms with Crippen molar-refractivity contribution in [1.82, 2.24) is 0 Å². The predicted octanol–water partition coefficient (Wildman–Crippen LogP) is 3.70. The van der Waals surface area contributed by atoms with Gasteiger partial charge < -0.3 is 14.2 Å². The summed E-state index contributed by atoms with van der Waals surface area (Å²) in [7, 11) is 0. The number of hydrogen-bond donors (Lipinski definition) is 0. The van der Waals surface area contributed by atoms with Crippen LogP contribution in [0.5, 0.6) is 0 Å². The molecule has 1 aliphatic carbocycles.